The Kier molecular flexibility index (Phi) is 14.0. The van der Waals surface area contributed by atoms with Gasteiger partial charge in [0.1, 0.15) is 17.4 Å². The van der Waals surface area contributed by atoms with Crippen LogP contribution in [0.25, 0.3) is 6.08 Å². The summed E-state index contributed by atoms with van der Waals surface area (Å²) in [5.41, 5.74) is 5.09. The van der Waals surface area contributed by atoms with E-state index in [1.165, 1.54) is 24.0 Å². The van der Waals surface area contributed by atoms with Gasteiger partial charge in [-0.3, -0.25) is 10.4 Å². The van der Waals surface area contributed by atoms with Gasteiger partial charge < -0.3 is 20.3 Å². The molecule has 1 aliphatic rings. The van der Waals surface area contributed by atoms with Crippen molar-refractivity contribution in [2.24, 2.45) is 4.99 Å². The molecule has 2 aromatic carbocycles. The van der Waals surface area contributed by atoms with Gasteiger partial charge in [-0.2, -0.15) is 0 Å². The molecule has 0 unspecified atom stereocenters. The molecule has 0 bridgehead atoms. The molecule has 1 saturated heterocycles. The summed E-state index contributed by atoms with van der Waals surface area (Å²) in [6.07, 6.45) is 10.9. The molecule has 0 radical (unpaired) electrons. The Morgan fingerprint density at radius 1 is 1.22 bits per heavy atom. The third-order valence-electron chi connectivity index (χ3n) is 5.11. The van der Waals surface area contributed by atoms with E-state index in [0.29, 0.717) is 0 Å². The Balaban J connectivity index is 0.000000450. The van der Waals surface area contributed by atoms with Crippen LogP contribution >= 0.6 is 0 Å². The molecule has 0 aliphatic carbocycles. The molecular formula is C29H40FN5O. The SMILES string of the molecule is C/C=C/N(C=N)c1c(C)cc(/C=C2\CCCNC2=NC)cc1OC.C=CNc1ccc(F)cc1.CC. The number of allylic oxidation sites excluding steroid dienone is 1. The van der Waals surface area contributed by atoms with E-state index >= 15 is 0 Å². The third-order valence-corrected chi connectivity index (χ3v) is 5.11. The number of aryl methyl sites for hydroxylation is 1. The van der Waals surface area contributed by atoms with Crippen LogP contribution in [0.3, 0.4) is 0 Å². The smallest absolute Gasteiger partial charge is 0.143 e. The summed E-state index contributed by atoms with van der Waals surface area (Å²) in [5, 5.41) is 13.8. The van der Waals surface area contributed by atoms with Crippen molar-refractivity contribution < 1.29 is 9.13 Å². The van der Waals surface area contributed by atoms with E-state index in [9.17, 15) is 4.39 Å². The van der Waals surface area contributed by atoms with Crippen LogP contribution < -0.4 is 20.3 Å². The number of hydrogen-bond acceptors (Lipinski definition) is 4. The summed E-state index contributed by atoms with van der Waals surface area (Å²) in [6.45, 7) is 12.4. The summed E-state index contributed by atoms with van der Waals surface area (Å²) in [5.74, 6) is 1.49. The fourth-order valence-electron chi connectivity index (χ4n) is 3.63. The first kappa shape index (κ1) is 30.2. The topological polar surface area (TPSA) is 72.7 Å². The van der Waals surface area contributed by atoms with E-state index in [0.717, 1.165) is 53.5 Å². The molecular weight excluding hydrogens is 453 g/mol. The fourth-order valence-corrected chi connectivity index (χ4v) is 3.63. The van der Waals surface area contributed by atoms with Crippen LogP contribution in [0.1, 0.15) is 44.7 Å². The number of methoxy groups -OCH3 is 1. The zero-order chi connectivity index (χ0) is 26.9. The minimum absolute atomic E-state index is 0.227. The molecule has 7 heteroatoms. The first-order chi connectivity index (χ1) is 17.5. The minimum Gasteiger partial charge on any atom is -0.495 e. The maximum Gasteiger partial charge on any atom is 0.143 e. The number of benzene rings is 2. The summed E-state index contributed by atoms with van der Waals surface area (Å²) < 4.78 is 17.9. The maximum absolute atomic E-state index is 12.3. The van der Waals surface area contributed by atoms with Crippen LogP contribution in [0.15, 0.2) is 72.0 Å². The highest BCUT2D eigenvalue weighted by molar-refractivity contribution is 6.02. The lowest BCUT2D eigenvalue weighted by Crippen LogP contribution is -2.30. The molecule has 6 nitrogen and oxygen atoms in total. The van der Waals surface area contributed by atoms with Gasteiger partial charge in [0.2, 0.25) is 0 Å². The lowest BCUT2D eigenvalue weighted by molar-refractivity contribution is 0.415. The highest BCUT2D eigenvalue weighted by Crippen LogP contribution is 2.34. The van der Waals surface area contributed by atoms with Crippen LogP contribution in [-0.4, -0.2) is 32.9 Å². The van der Waals surface area contributed by atoms with Crippen molar-refractivity contribution in [3.63, 3.8) is 0 Å². The van der Waals surface area contributed by atoms with Gasteiger partial charge in [0, 0.05) is 25.5 Å². The van der Waals surface area contributed by atoms with E-state index in [1.807, 2.05) is 53.1 Å². The maximum atomic E-state index is 12.3. The van der Waals surface area contributed by atoms with E-state index < -0.39 is 0 Å². The van der Waals surface area contributed by atoms with Crippen LogP contribution in [0.2, 0.25) is 0 Å². The number of anilines is 2. The van der Waals surface area contributed by atoms with Gasteiger partial charge in [0.15, 0.2) is 0 Å². The fraction of sp³-hybridized carbons (Fsp3) is 0.310. The molecule has 3 N–H and O–H groups in total. The van der Waals surface area contributed by atoms with E-state index in [4.69, 9.17) is 10.1 Å². The van der Waals surface area contributed by atoms with Gasteiger partial charge in [-0.05, 0) is 92.1 Å². The normalized spacial score (nSPS) is 14.6. The van der Waals surface area contributed by atoms with Gasteiger partial charge in [-0.25, -0.2) is 4.39 Å². The monoisotopic (exact) mass is 493 g/mol. The molecule has 0 aromatic heterocycles. The number of nitrogens with one attached hydrogen (secondary N) is 3. The second-order valence-corrected chi connectivity index (χ2v) is 7.53. The van der Waals surface area contributed by atoms with Gasteiger partial charge in [-0.15, -0.1) is 0 Å². The Morgan fingerprint density at radius 2 is 1.92 bits per heavy atom. The quantitative estimate of drug-likeness (QED) is 0.283. The first-order valence-corrected chi connectivity index (χ1v) is 12.1. The Bertz CT molecular complexity index is 1060. The average Bonchev–Trinajstić information content (AvgIpc) is 2.90. The zero-order valence-electron chi connectivity index (χ0n) is 22.4. The lowest BCUT2D eigenvalue weighted by Gasteiger charge is -2.22. The van der Waals surface area contributed by atoms with Gasteiger partial charge in [0.25, 0.3) is 0 Å². The Labute approximate surface area is 215 Å². The number of hydrogen-bond donors (Lipinski definition) is 3. The molecule has 0 saturated carbocycles. The lowest BCUT2D eigenvalue weighted by atomic mass is 10.00. The second kappa shape index (κ2) is 16.7. The number of piperidine rings is 1. The molecule has 36 heavy (non-hydrogen) atoms. The molecule has 194 valence electrons. The number of nitrogens with zero attached hydrogens (tertiary/aromatic N) is 2. The molecule has 2 aromatic rings. The zero-order valence-corrected chi connectivity index (χ0v) is 22.4. The highest BCUT2D eigenvalue weighted by Gasteiger charge is 2.15. The van der Waals surface area contributed by atoms with Crippen molar-refractivity contribution >= 4 is 29.6 Å². The Morgan fingerprint density at radius 3 is 2.47 bits per heavy atom. The largest absolute Gasteiger partial charge is 0.495 e. The Hall–Kier alpha value is -3.87. The molecule has 1 fully saturated rings. The van der Waals surface area contributed by atoms with Crippen molar-refractivity contribution in [3.05, 3.63) is 84.0 Å². The van der Waals surface area contributed by atoms with Gasteiger partial charge in [-0.1, -0.05) is 26.5 Å². The molecule has 0 atom stereocenters. The number of rotatable bonds is 7. The van der Waals surface area contributed by atoms with Crippen molar-refractivity contribution in [2.45, 2.75) is 40.5 Å². The van der Waals surface area contributed by atoms with Crippen molar-refractivity contribution in [1.82, 2.24) is 5.32 Å². The van der Waals surface area contributed by atoms with Crippen LogP contribution in [0, 0.1) is 18.2 Å². The molecule has 0 amide bonds. The van der Waals surface area contributed by atoms with Gasteiger partial charge in [0.05, 0.1) is 19.1 Å². The summed E-state index contributed by atoms with van der Waals surface area (Å²) in [6, 6.07) is 10.2. The predicted octanol–water partition coefficient (Wildman–Crippen LogP) is 7.15. The summed E-state index contributed by atoms with van der Waals surface area (Å²) in [4.78, 5) is 6.09. The first-order valence-electron chi connectivity index (χ1n) is 12.1. The number of ether oxygens (including phenoxy) is 1. The predicted molar refractivity (Wildman–Crippen MR) is 154 cm³/mol. The van der Waals surface area contributed by atoms with E-state index in [-0.39, 0.29) is 5.82 Å². The van der Waals surface area contributed by atoms with Crippen LogP contribution in [0.5, 0.6) is 5.75 Å². The summed E-state index contributed by atoms with van der Waals surface area (Å²) >= 11 is 0. The van der Waals surface area contributed by atoms with Crippen molar-refractivity contribution in [3.8, 4) is 5.75 Å². The van der Waals surface area contributed by atoms with Crippen LogP contribution in [0.4, 0.5) is 15.8 Å². The summed E-state index contributed by atoms with van der Waals surface area (Å²) in [7, 11) is 3.48. The molecule has 1 heterocycles. The van der Waals surface area contributed by atoms with Gasteiger partial charge >= 0.3 is 0 Å². The number of amidine groups is 1. The average molecular weight is 494 g/mol. The standard InChI is InChI=1S/C19H26N4O.C8H8FN.C2H6/c1-5-9-23(13-20)18-14(2)10-15(12-17(18)24-4)11-16-7-6-8-22-19(16)21-3;1-2-10-8-5-3-7(9)4-6-8;1-2/h5,9-13,20H,6-8H2,1-4H3,(H,21,22);2-6,10H,1H2;1-2H3/b9-5+,16-11+,20-13?;;. The molecule has 1 aliphatic heterocycles. The minimum atomic E-state index is -0.227. The molecule has 0 spiro atoms. The van der Waals surface area contributed by atoms with E-state index in [1.54, 1.807) is 30.3 Å². The van der Waals surface area contributed by atoms with E-state index in [2.05, 4.69) is 34.3 Å². The number of aliphatic imine (C=N–C) groups is 1. The second-order valence-electron chi connectivity index (χ2n) is 7.53. The van der Waals surface area contributed by atoms with Crippen molar-refractivity contribution in [2.75, 3.05) is 30.9 Å². The van der Waals surface area contributed by atoms with Crippen LogP contribution in [-0.2, 0) is 0 Å². The number of halogens is 1. The highest BCUT2D eigenvalue weighted by atomic mass is 19.1. The molecule has 3 rings (SSSR count). The third kappa shape index (κ3) is 9.06. The van der Waals surface area contributed by atoms with Crippen molar-refractivity contribution in [1.29, 1.82) is 5.41 Å².